The SMILES string of the molecule is CCCCNC(=S)N/N=C(/C)c1ccc(OCC(=O)Nc2ccccc2)cc1. The highest BCUT2D eigenvalue weighted by atomic mass is 32.1. The highest BCUT2D eigenvalue weighted by molar-refractivity contribution is 7.80. The van der Waals surface area contributed by atoms with Crippen LogP contribution in [0.2, 0.25) is 0 Å². The lowest BCUT2D eigenvalue weighted by Crippen LogP contribution is -2.33. The molecule has 28 heavy (non-hydrogen) atoms. The number of carbonyl (C=O) groups is 1. The van der Waals surface area contributed by atoms with Crippen LogP contribution >= 0.6 is 12.2 Å². The molecule has 7 heteroatoms. The van der Waals surface area contributed by atoms with Gasteiger partial charge in [0.25, 0.3) is 5.91 Å². The smallest absolute Gasteiger partial charge is 0.262 e. The first-order valence-corrected chi connectivity index (χ1v) is 9.65. The van der Waals surface area contributed by atoms with Crippen LogP contribution in [0.4, 0.5) is 5.69 Å². The number of benzene rings is 2. The highest BCUT2D eigenvalue weighted by Gasteiger charge is 2.04. The molecular formula is C21H26N4O2S. The Kier molecular flexibility index (Phi) is 8.94. The van der Waals surface area contributed by atoms with Crippen molar-refractivity contribution >= 4 is 34.6 Å². The molecule has 0 aliphatic rings. The third-order valence-corrected chi connectivity index (χ3v) is 4.08. The topological polar surface area (TPSA) is 74.8 Å². The maximum Gasteiger partial charge on any atom is 0.262 e. The zero-order valence-corrected chi connectivity index (χ0v) is 17.0. The molecule has 0 heterocycles. The van der Waals surface area contributed by atoms with Crippen LogP contribution in [0.15, 0.2) is 59.7 Å². The highest BCUT2D eigenvalue weighted by Crippen LogP contribution is 2.13. The number of hydrazone groups is 1. The van der Waals surface area contributed by atoms with Crippen molar-refractivity contribution < 1.29 is 9.53 Å². The van der Waals surface area contributed by atoms with Crippen molar-refractivity contribution in [1.29, 1.82) is 0 Å². The van der Waals surface area contributed by atoms with Gasteiger partial charge in [0.05, 0.1) is 5.71 Å². The average Bonchev–Trinajstić information content (AvgIpc) is 2.72. The van der Waals surface area contributed by atoms with Gasteiger partial charge in [-0.05, 0) is 67.5 Å². The van der Waals surface area contributed by atoms with E-state index in [1.165, 1.54) is 0 Å². The maximum atomic E-state index is 11.9. The number of hydrogen-bond donors (Lipinski definition) is 3. The van der Waals surface area contributed by atoms with Gasteiger partial charge in [0, 0.05) is 12.2 Å². The Morgan fingerprint density at radius 3 is 2.50 bits per heavy atom. The summed E-state index contributed by atoms with van der Waals surface area (Å²) in [6.45, 7) is 4.80. The van der Waals surface area contributed by atoms with Crippen LogP contribution < -0.4 is 20.8 Å². The van der Waals surface area contributed by atoms with Crippen molar-refractivity contribution in [3.05, 3.63) is 60.2 Å². The van der Waals surface area contributed by atoms with Crippen LogP contribution in [-0.2, 0) is 4.79 Å². The van der Waals surface area contributed by atoms with E-state index >= 15 is 0 Å². The van der Waals surface area contributed by atoms with E-state index in [0.717, 1.165) is 36.3 Å². The molecule has 0 fully saturated rings. The summed E-state index contributed by atoms with van der Waals surface area (Å²) >= 11 is 5.17. The van der Waals surface area contributed by atoms with Crippen LogP contribution in [0.5, 0.6) is 5.75 Å². The number of para-hydroxylation sites is 1. The van der Waals surface area contributed by atoms with Crippen LogP contribution in [0.3, 0.4) is 0 Å². The van der Waals surface area contributed by atoms with Crippen LogP contribution in [0.25, 0.3) is 0 Å². The number of unbranched alkanes of at least 4 members (excludes halogenated alkanes) is 1. The van der Waals surface area contributed by atoms with Gasteiger partial charge in [-0.2, -0.15) is 5.10 Å². The van der Waals surface area contributed by atoms with Gasteiger partial charge >= 0.3 is 0 Å². The molecule has 0 aliphatic carbocycles. The third kappa shape index (κ3) is 7.75. The quantitative estimate of drug-likeness (QED) is 0.260. The molecule has 0 atom stereocenters. The van der Waals surface area contributed by atoms with E-state index in [1.807, 2.05) is 61.5 Å². The summed E-state index contributed by atoms with van der Waals surface area (Å²) in [5.41, 5.74) is 5.32. The number of hydrogen-bond acceptors (Lipinski definition) is 4. The molecule has 0 spiro atoms. The standard InChI is InChI=1S/C21H26N4O2S/c1-3-4-14-22-21(28)25-24-16(2)17-10-12-19(13-11-17)27-15-20(26)23-18-8-6-5-7-9-18/h5-13H,3-4,14-15H2,1-2H3,(H,23,26)(H2,22,25,28)/b24-16-. The van der Waals surface area contributed by atoms with Gasteiger partial charge in [0.2, 0.25) is 0 Å². The van der Waals surface area contributed by atoms with Gasteiger partial charge in [-0.1, -0.05) is 31.5 Å². The Labute approximate surface area is 171 Å². The fourth-order valence-corrected chi connectivity index (χ4v) is 2.42. The van der Waals surface area contributed by atoms with Crippen molar-refractivity contribution in [2.24, 2.45) is 5.10 Å². The number of rotatable bonds is 9. The molecule has 2 aromatic carbocycles. The van der Waals surface area contributed by atoms with Crippen molar-refractivity contribution in [3.63, 3.8) is 0 Å². The van der Waals surface area contributed by atoms with Crippen LogP contribution in [0.1, 0.15) is 32.3 Å². The summed E-state index contributed by atoms with van der Waals surface area (Å²) in [7, 11) is 0. The zero-order chi connectivity index (χ0) is 20.2. The third-order valence-electron chi connectivity index (χ3n) is 3.84. The summed E-state index contributed by atoms with van der Waals surface area (Å²) in [6, 6.07) is 16.7. The van der Waals surface area contributed by atoms with Crippen molar-refractivity contribution in [2.45, 2.75) is 26.7 Å². The summed E-state index contributed by atoms with van der Waals surface area (Å²) in [5.74, 6) is 0.408. The lowest BCUT2D eigenvalue weighted by molar-refractivity contribution is -0.118. The van der Waals surface area contributed by atoms with E-state index in [4.69, 9.17) is 17.0 Å². The predicted octanol–water partition coefficient (Wildman–Crippen LogP) is 3.69. The average molecular weight is 399 g/mol. The maximum absolute atomic E-state index is 11.9. The largest absolute Gasteiger partial charge is 0.484 e. The molecule has 0 bridgehead atoms. The Hall–Kier alpha value is -2.93. The van der Waals surface area contributed by atoms with Gasteiger partial charge in [-0.25, -0.2) is 0 Å². The fourth-order valence-electron chi connectivity index (χ4n) is 2.28. The minimum atomic E-state index is -0.207. The molecule has 2 aromatic rings. The normalized spacial score (nSPS) is 10.9. The van der Waals surface area contributed by atoms with Crippen molar-refractivity contribution in [3.8, 4) is 5.75 Å². The molecule has 1 amide bonds. The molecule has 0 unspecified atom stereocenters. The Bertz CT molecular complexity index is 792. The minimum absolute atomic E-state index is 0.0550. The van der Waals surface area contributed by atoms with Crippen molar-refractivity contribution in [2.75, 3.05) is 18.5 Å². The Morgan fingerprint density at radius 1 is 1.11 bits per heavy atom. The lowest BCUT2D eigenvalue weighted by atomic mass is 10.1. The first-order chi connectivity index (χ1) is 13.6. The number of carbonyl (C=O) groups excluding carboxylic acids is 1. The van der Waals surface area contributed by atoms with E-state index in [2.05, 4.69) is 28.1 Å². The zero-order valence-electron chi connectivity index (χ0n) is 16.2. The fraction of sp³-hybridized carbons (Fsp3) is 0.286. The second-order valence-corrected chi connectivity index (χ2v) is 6.55. The first-order valence-electron chi connectivity index (χ1n) is 9.24. The number of amides is 1. The summed E-state index contributed by atoms with van der Waals surface area (Å²) in [6.07, 6.45) is 2.18. The Morgan fingerprint density at radius 2 is 1.82 bits per heavy atom. The molecule has 2 rings (SSSR count). The van der Waals surface area contributed by atoms with Crippen LogP contribution in [0, 0.1) is 0 Å². The van der Waals surface area contributed by atoms with Gasteiger partial charge in [0.1, 0.15) is 5.75 Å². The summed E-state index contributed by atoms with van der Waals surface area (Å²) in [4.78, 5) is 11.9. The number of anilines is 1. The van der Waals surface area contributed by atoms with E-state index in [9.17, 15) is 4.79 Å². The molecule has 6 nitrogen and oxygen atoms in total. The van der Waals surface area contributed by atoms with Gasteiger partial charge < -0.3 is 15.4 Å². The van der Waals surface area contributed by atoms with E-state index < -0.39 is 0 Å². The molecule has 0 aliphatic heterocycles. The molecule has 0 saturated carbocycles. The van der Waals surface area contributed by atoms with Crippen LogP contribution in [-0.4, -0.2) is 29.9 Å². The second-order valence-electron chi connectivity index (χ2n) is 6.15. The Balaban J connectivity index is 1.79. The monoisotopic (exact) mass is 398 g/mol. The van der Waals surface area contributed by atoms with E-state index in [1.54, 1.807) is 0 Å². The first kappa shape index (κ1) is 21.4. The summed E-state index contributed by atoms with van der Waals surface area (Å²) in [5, 5.41) is 10.7. The molecule has 0 aromatic heterocycles. The summed E-state index contributed by atoms with van der Waals surface area (Å²) < 4.78 is 5.53. The van der Waals surface area contributed by atoms with Gasteiger partial charge in [-0.3, -0.25) is 10.2 Å². The molecular weight excluding hydrogens is 372 g/mol. The second kappa shape index (κ2) is 11.7. The van der Waals surface area contributed by atoms with E-state index in [-0.39, 0.29) is 12.5 Å². The minimum Gasteiger partial charge on any atom is -0.484 e. The van der Waals surface area contributed by atoms with Crippen molar-refractivity contribution in [1.82, 2.24) is 10.7 Å². The number of nitrogens with one attached hydrogen (secondary N) is 3. The molecule has 0 radical (unpaired) electrons. The van der Waals surface area contributed by atoms with E-state index in [0.29, 0.717) is 10.9 Å². The molecule has 3 N–H and O–H groups in total. The molecule has 0 saturated heterocycles. The van der Waals surface area contributed by atoms with Gasteiger partial charge in [0.15, 0.2) is 11.7 Å². The molecule has 148 valence electrons. The lowest BCUT2D eigenvalue weighted by Gasteiger charge is -2.09. The number of nitrogens with zero attached hydrogens (tertiary/aromatic N) is 1. The number of thiocarbonyl (C=S) groups is 1. The predicted molar refractivity (Wildman–Crippen MR) is 118 cm³/mol. The van der Waals surface area contributed by atoms with Gasteiger partial charge in [-0.15, -0.1) is 0 Å². The number of ether oxygens (including phenoxy) is 1.